The quantitative estimate of drug-likeness (QED) is 0.875. The van der Waals surface area contributed by atoms with Crippen LogP contribution >= 0.6 is 11.6 Å². The maximum absolute atomic E-state index is 13.5. The molecule has 0 fully saturated rings. The van der Waals surface area contributed by atoms with Crippen LogP contribution in [0.3, 0.4) is 0 Å². The predicted molar refractivity (Wildman–Crippen MR) is 67.0 cm³/mol. The second-order valence-electron chi connectivity index (χ2n) is 3.69. The molecule has 0 aliphatic carbocycles. The standard InChI is InChI=1S/C11H10ClFN4O/c1-17-5-8(14)10(16-17)11(18)15-9-3-2-6(12)4-7(9)13/h2-5H,14H2,1H3,(H,15,18). The normalized spacial score (nSPS) is 10.4. The van der Waals surface area contributed by atoms with Gasteiger partial charge in [-0.25, -0.2) is 4.39 Å². The molecule has 1 aromatic carbocycles. The van der Waals surface area contributed by atoms with Gasteiger partial charge in [0.1, 0.15) is 5.82 Å². The number of aromatic nitrogens is 2. The Balaban J connectivity index is 2.24. The Morgan fingerprint density at radius 3 is 2.83 bits per heavy atom. The monoisotopic (exact) mass is 268 g/mol. The van der Waals surface area contributed by atoms with Gasteiger partial charge in [0.25, 0.3) is 5.91 Å². The number of anilines is 2. The minimum absolute atomic E-state index is 0.0226. The van der Waals surface area contributed by atoms with Crippen LogP contribution in [0.15, 0.2) is 24.4 Å². The third-order valence-electron chi connectivity index (χ3n) is 2.25. The van der Waals surface area contributed by atoms with E-state index in [9.17, 15) is 9.18 Å². The Hall–Kier alpha value is -2.08. The molecule has 1 amide bonds. The summed E-state index contributed by atoms with van der Waals surface area (Å²) < 4.78 is 14.9. The maximum Gasteiger partial charge on any atom is 0.278 e. The van der Waals surface area contributed by atoms with Crippen LogP contribution in [0.25, 0.3) is 0 Å². The molecule has 0 unspecified atom stereocenters. The highest BCUT2D eigenvalue weighted by atomic mass is 35.5. The second kappa shape index (κ2) is 4.66. The average molecular weight is 269 g/mol. The van der Waals surface area contributed by atoms with E-state index in [0.717, 1.165) is 6.07 Å². The smallest absolute Gasteiger partial charge is 0.278 e. The summed E-state index contributed by atoms with van der Waals surface area (Å²) in [5, 5.41) is 6.52. The largest absolute Gasteiger partial charge is 0.396 e. The summed E-state index contributed by atoms with van der Waals surface area (Å²) in [4.78, 5) is 11.8. The van der Waals surface area contributed by atoms with Gasteiger partial charge < -0.3 is 11.1 Å². The molecule has 0 radical (unpaired) electrons. The maximum atomic E-state index is 13.5. The number of aryl methyl sites for hydroxylation is 1. The van der Waals surface area contributed by atoms with Crippen molar-refractivity contribution < 1.29 is 9.18 Å². The van der Waals surface area contributed by atoms with Gasteiger partial charge in [-0.2, -0.15) is 5.10 Å². The third kappa shape index (κ3) is 2.43. The molecule has 0 bridgehead atoms. The number of benzene rings is 1. The Bertz CT molecular complexity index is 611. The number of carbonyl (C=O) groups excluding carboxylic acids is 1. The van der Waals surface area contributed by atoms with Crippen molar-refractivity contribution in [2.24, 2.45) is 7.05 Å². The second-order valence-corrected chi connectivity index (χ2v) is 4.12. The minimum Gasteiger partial charge on any atom is -0.396 e. The van der Waals surface area contributed by atoms with E-state index >= 15 is 0 Å². The molecule has 0 saturated carbocycles. The number of nitrogen functional groups attached to an aromatic ring is 1. The number of hydrogen-bond donors (Lipinski definition) is 2. The van der Waals surface area contributed by atoms with Crippen molar-refractivity contribution in [2.75, 3.05) is 11.1 Å². The van der Waals surface area contributed by atoms with Crippen molar-refractivity contribution in [3.8, 4) is 0 Å². The van der Waals surface area contributed by atoms with E-state index in [1.807, 2.05) is 0 Å². The topological polar surface area (TPSA) is 72.9 Å². The summed E-state index contributed by atoms with van der Waals surface area (Å²) in [5.74, 6) is -1.19. The molecule has 0 saturated heterocycles. The van der Waals surface area contributed by atoms with Gasteiger partial charge >= 0.3 is 0 Å². The van der Waals surface area contributed by atoms with Gasteiger partial charge in [0.05, 0.1) is 11.4 Å². The zero-order valence-corrected chi connectivity index (χ0v) is 10.2. The van der Waals surface area contributed by atoms with Gasteiger partial charge in [0.15, 0.2) is 5.69 Å². The Labute approximate surface area is 107 Å². The fourth-order valence-corrected chi connectivity index (χ4v) is 1.61. The molecular weight excluding hydrogens is 259 g/mol. The Morgan fingerprint density at radius 2 is 2.28 bits per heavy atom. The summed E-state index contributed by atoms with van der Waals surface area (Å²) in [6.07, 6.45) is 1.49. The van der Waals surface area contributed by atoms with Crippen molar-refractivity contribution in [3.63, 3.8) is 0 Å². The molecule has 0 atom stereocenters. The number of nitrogens with one attached hydrogen (secondary N) is 1. The number of hydrogen-bond acceptors (Lipinski definition) is 3. The van der Waals surface area contributed by atoms with Crippen LogP contribution in [0.5, 0.6) is 0 Å². The van der Waals surface area contributed by atoms with Crippen LogP contribution < -0.4 is 11.1 Å². The minimum atomic E-state index is -0.620. The van der Waals surface area contributed by atoms with Gasteiger partial charge in [-0.15, -0.1) is 0 Å². The highest BCUT2D eigenvalue weighted by molar-refractivity contribution is 6.30. The summed E-state index contributed by atoms with van der Waals surface area (Å²) >= 11 is 5.61. The van der Waals surface area contributed by atoms with Crippen molar-refractivity contribution in [1.29, 1.82) is 0 Å². The molecule has 1 aromatic heterocycles. The van der Waals surface area contributed by atoms with Crippen LogP contribution in [-0.4, -0.2) is 15.7 Å². The molecule has 2 aromatic rings. The van der Waals surface area contributed by atoms with Crippen molar-refractivity contribution >= 4 is 28.9 Å². The number of nitrogens with two attached hydrogens (primary N) is 1. The van der Waals surface area contributed by atoms with Crippen LogP contribution in [0.4, 0.5) is 15.8 Å². The Kier molecular flexibility index (Phi) is 3.20. The zero-order valence-electron chi connectivity index (χ0n) is 9.45. The molecule has 0 spiro atoms. The molecule has 5 nitrogen and oxygen atoms in total. The van der Waals surface area contributed by atoms with E-state index in [4.69, 9.17) is 17.3 Å². The first kappa shape index (κ1) is 12.4. The molecular formula is C11H10ClFN4O. The zero-order chi connectivity index (χ0) is 13.3. The van der Waals surface area contributed by atoms with E-state index in [1.165, 1.54) is 23.0 Å². The SMILES string of the molecule is Cn1cc(N)c(C(=O)Nc2ccc(Cl)cc2F)n1. The van der Waals surface area contributed by atoms with Crippen molar-refractivity contribution in [3.05, 3.63) is 40.9 Å². The average Bonchev–Trinajstić information content (AvgIpc) is 2.62. The van der Waals surface area contributed by atoms with Crippen LogP contribution in [0, 0.1) is 5.82 Å². The Morgan fingerprint density at radius 1 is 1.56 bits per heavy atom. The van der Waals surface area contributed by atoms with Crippen molar-refractivity contribution in [1.82, 2.24) is 9.78 Å². The van der Waals surface area contributed by atoms with Gasteiger partial charge in [-0.05, 0) is 18.2 Å². The van der Waals surface area contributed by atoms with Crippen LogP contribution in [-0.2, 0) is 7.05 Å². The van der Waals surface area contributed by atoms with E-state index in [2.05, 4.69) is 10.4 Å². The molecule has 2 rings (SSSR count). The van der Waals surface area contributed by atoms with Gasteiger partial charge in [-0.3, -0.25) is 9.48 Å². The lowest BCUT2D eigenvalue weighted by atomic mass is 10.3. The lowest BCUT2D eigenvalue weighted by Crippen LogP contribution is -2.15. The number of amides is 1. The number of halogens is 2. The molecule has 7 heteroatoms. The van der Waals surface area contributed by atoms with Gasteiger partial charge in [-0.1, -0.05) is 11.6 Å². The first-order chi connectivity index (χ1) is 8.47. The molecule has 1 heterocycles. The van der Waals surface area contributed by atoms with E-state index < -0.39 is 11.7 Å². The van der Waals surface area contributed by atoms with E-state index in [-0.39, 0.29) is 22.1 Å². The first-order valence-electron chi connectivity index (χ1n) is 5.03. The number of nitrogens with zero attached hydrogens (tertiary/aromatic N) is 2. The first-order valence-corrected chi connectivity index (χ1v) is 5.40. The predicted octanol–water partition coefficient (Wildman–Crippen LogP) is 2.05. The lowest BCUT2D eigenvalue weighted by Gasteiger charge is -2.05. The molecule has 3 N–H and O–H groups in total. The van der Waals surface area contributed by atoms with Gasteiger partial charge in [0, 0.05) is 18.3 Å². The molecule has 18 heavy (non-hydrogen) atoms. The fourth-order valence-electron chi connectivity index (χ4n) is 1.46. The highest BCUT2D eigenvalue weighted by Gasteiger charge is 2.15. The summed E-state index contributed by atoms with van der Waals surface area (Å²) in [6, 6.07) is 3.95. The van der Waals surface area contributed by atoms with Crippen LogP contribution in [0.2, 0.25) is 5.02 Å². The van der Waals surface area contributed by atoms with E-state index in [0.29, 0.717) is 0 Å². The summed E-state index contributed by atoms with van der Waals surface area (Å²) in [7, 11) is 1.63. The number of rotatable bonds is 2. The molecule has 94 valence electrons. The molecule has 0 aliphatic rings. The van der Waals surface area contributed by atoms with E-state index in [1.54, 1.807) is 7.05 Å². The fraction of sp³-hybridized carbons (Fsp3) is 0.0909. The summed E-state index contributed by atoms with van der Waals surface area (Å²) in [5.41, 5.74) is 5.90. The van der Waals surface area contributed by atoms with Gasteiger partial charge in [0.2, 0.25) is 0 Å². The van der Waals surface area contributed by atoms with Crippen LogP contribution in [0.1, 0.15) is 10.5 Å². The number of carbonyl (C=O) groups is 1. The lowest BCUT2D eigenvalue weighted by molar-refractivity contribution is 0.102. The third-order valence-corrected chi connectivity index (χ3v) is 2.49. The summed E-state index contributed by atoms with van der Waals surface area (Å²) in [6.45, 7) is 0. The van der Waals surface area contributed by atoms with Crippen molar-refractivity contribution in [2.45, 2.75) is 0 Å². The highest BCUT2D eigenvalue weighted by Crippen LogP contribution is 2.20. The molecule has 0 aliphatic heterocycles.